The van der Waals surface area contributed by atoms with E-state index in [0.29, 0.717) is 11.0 Å². The molecule has 0 aromatic heterocycles. The molecule has 3 aliphatic rings. The van der Waals surface area contributed by atoms with E-state index in [-0.39, 0.29) is 6.10 Å². The van der Waals surface area contributed by atoms with Crippen molar-refractivity contribution in [2.24, 2.45) is 10.4 Å². The highest BCUT2D eigenvalue weighted by Gasteiger charge is 2.51. The minimum absolute atomic E-state index is 0.260. The Labute approximate surface area is 104 Å². The maximum Gasteiger partial charge on any atom is 0.129 e. The van der Waals surface area contributed by atoms with Gasteiger partial charge in [0.15, 0.2) is 0 Å². The number of aliphatic imine (C=N–C) groups is 1. The SMILES string of the molecule is COC1CCN2C1=NCCC21CCC(C)(C)C1. The van der Waals surface area contributed by atoms with E-state index in [9.17, 15) is 0 Å². The molecule has 0 aromatic carbocycles. The molecule has 17 heavy (non-hydrogen) atoms. The van der Waals surface area contributed by atoms with Crippen molar-refractivity contribution in [2.45, 2.75) is 57.6 Å². The van der Waals surface area contributed by atoms with Gasteiger partial charge in [0.05, 0.1) is 0 Å². The summed E-state index contributed by atoms with van der Waals surface area (Å²) in [4.78, 5) is 7.32. The molecule has 3 nitrogen and oxygen atoms in total. The Morgan fingerprint density at radius 3 is 2.76 bits per heavy atom. The molecule has 2 unspecified atom stereocenters. The average molecular weight is 236 g/mol. The second-order valence-corrected chi connectivity index (χ2v) is 6.72. The van der Waals surface area contributed by atoms with Crippen LogP contribution in [0.4, 0.5) is 0 Å². The van der Waals surface area contributed by atoms with Crippen LogP contribution in [0, 0.1) is 5.41 Å². The van der Waals surface area contributed by atoms with Crippen LogP contribution in [-0.4, -0.2) is 42.6 Å². The van der Waals surface area contributed by atoms with Crippen molar-refractivity contribution in [1.82, 2.24) is 4.90 Å². The first-order valence-corrected chi connectivity index (χ1v) is 6.91. The van der Waals surface area contributed by atoms with E-state index in [0.717, 1.165) is 19.5 Å². The average Bonchev–Trinajstić information content (AvgIpc) is 2.82. The van der Waals surface area contributed by atoms with Gasteiger partial charge in [-0.15, -0.1) is 0 Å². The highest BCUT2D eigenvalue weighted by atomic mass is 16.5. The third-order valence-corrected chi connectivity index (χ3v) is 4.96. The van der Waals surface area contributed by atoms with Gasteiger partial charge in [-0.1, -0.05) is 13.8 Å². The normalized spacial score (nSPS) is 39.6. The molecule has 1 saturated carbocycles. The fourth-order valence-corrected chi connectivity index (χ4v) is 4.15. The van der Waals surface area contributed by atoms with E-state index in [1.807, 2.05) is 7.11 Å². The second-order valence-electron chi connectivity index (χ2n) is 6.72. The van der Waals surface area contributed by atoms with Gasteiger partial charge < -0.3 is 9.64 Å². The van der Waals surface area contributed by atoms with Crippen molar-refractivity contribution in [3.05, 3.63) is 0 Å². The van der Waals surface area contributed by atoms with Gasteiger partial charge in [-0.2, -0.15) is 0 Å². The van der Waals surface area contributed by atoms with E-state index >= 15 is 0 Å². The molecule has 0 amide bonds. The molecule has 0 radical (unpaired) electrons. The summed E-state index contributed by atoms with van der Waals surface area (Å²) in [5.74, 6) is 1.25. The highest BCUT2D eigenvalue weighted by Crippen LogP contribution is 2.50. The Kier molecular flexibility index (Phi) is 2.51. The van der Waals surface area contributed by atoms with Gasteiger partial charge in [0.2, 0.25) is 0 Å². The van der Waals surface area contributed by atoms with Crippen LogP contribution in [0.15, 0.2) is 4.99 Å². The van der Waals surface area contributed by atoms with Crippen molar-refractivity contribution in [3.63, 3.8) is 0 Å². The van der Waals surface area contributed by atoms with Crippen LogP contribution >= 0.6 is 0 Å². The van der Waals surface area contributed by atoms with Gasteiger partial charge in [-0.25, -0.2) is 0 Å². The predicted molar refractivity (Wildman–Crippen MR) is 69.4 cm³/mol. The minimum Gasteiger partial charge on any atom is -0.373 e. The molecule has 3 rings (SSSR count). The molecular formula is C14H24N2O. The zero-order valence-corrected chi connectivity index (χ0v) is 11.3. The van der Waals surface area contributed by atoms with E-state index in [2.05, 4.69) is 18.7 Å². The number of hydrogen-bond acceptors (Lipinski definition) is 3. The Balaban J connectivity index is 1.88. The van der Waals surface area contributed by atoms with Crippen LogP contribution in [0.2, 0.25) is 0 Å². The van der Waals surface area contributed by atoms with Gasteiger partial charge in [0.25, 0.3) is 0 Å². The molecule has 0 bridgehead atoms. The van der Waals surface area contributed by atoms with Gasteiger partial charge >= 0.3 is 0 Å². The Hall–Kier alpha value is -0.570. The summed E-state index contributed by atoms with van der Waals surface area (Å²) in [5.41, 5.74) is 0.918. The zero-order valence-electron chi connectivity index (χ0n) is 11.3. The first-order chi connectivity index (χ1) is 8.06. The Morgan fingerprint density at radius 2 is 2.12 bits per heavy atom. The molecule has 96 valence electrons. The molecule has 0 aromatic rings. The van der Waals surface area contributed by atoms with Crippen LogP contribution in [0.5, 0.6) is 0 Å². The number of fused-ring (bicyclic) bond motifs is 2. The fourth-order valence-electron chi connectivity index (χ4n) is 4.15. The third-order valence-electron chi connectivity index (χ3n) is 4.96. The standard InChI is InChI=1S/C14H24N2O/c1-13(2)5-6-14(10-13)7-8-15-12-11(17-3)4-9-16(12)14/h11H,4-10H2,1-3H3. The number of hydrogen-bond donors (Lipinski definition) is 0. The molecule has 2 atom stereocenters. The minimum atomic E-state index is 0.260. The lowest BCUT2D eigenvalue weighted by Gasteiger charge is -2.44. The molecule has 1 aliphatic carbocycles. The molecule has 0 N–H and O–H groups in total. The van der Waals surface area contributed by atoms with E-state index in [1.54, 1.807) is 0 Å². The predicted octanol–water partition coefficient (Wildman–Crippen LogP) is 2.46. The lowest BCUT2D eigenvalue weighted by molar-refractivity contribution is 0.145. The van der Waals surface area contributed by atoms with Crippen molar-refractivity contribution < 1.29 is 4.74 Å². The smallest absolute Gasteiger partial charge is 0.129 e. The lowest BCUT2D eigenvalue weighted by Crippen LogP contribution is -2.52. The molecular weight excluding hydrogens is 212 g/mol. The molecule has 2 aliphatic heterocycles. The van der Waals surface area contributed by atoms with Crippen LogP contribution in [0.1, 0.15) is 46.0 Å². The lowest BCUT2D eigenvalue weighted by atomic mass is 9.84. The second kappa shape index (κ2) is 3.71. The van der Waals surface area contributed by atoms with Gasteiger partial charge in [-0.3, -0.25) is 4.99 Å². The Morgan fingerprint density at radius 1 is 1.29 bits per heavy atom. The quantitative estimate of drug-likeness (QED) is 0.698. The molecule has 3 heteroatoms. The van der Waals surface area contributed by atoms with E-state index in [1.165, 1.54) is 31.5 Å². The summed E-state index contributed by atoms with van der Waals surface area (Å²) in [7, 11) is 1.82. The largest absolute Gasteiger partial charge is 0.373 e. The monoisotopic (exact) mass is 236 g/mol. The number of rotatable bonds is 1. The Bertz CT molecular complexity index is 350. The number of methoxy groups -OCH3 is 1. The molecule has 2 fully saturated rings. The van der Waals surface area contributed by atoms with Crippen LogP contribution in [0.3, 0.4) is 0 Å². The maximum atomic E-state index is 5.56. The fraction of sp³-hybridized carbons (Fsp3) is 0.929. The van der Waals surface area contributed by atoms with Crippen molar-refractivity contribution in [2.75, 3.05) is 20.2 Å². The summed E-state index contributed by atoms with van der Waals surface area (Å²) in [6.45, 7) is 6.98. The number of nitrogens with zero attached hydrogens (tertiary/aromatic N) is 2. The zero-order chi connectivity index (χ0) is 12.1. The van der Waals surface area contributed by atoms with Crippen LogP contribution < -0.4 is 0 Å². The number of amidine groups is 1. The molecule has 2 heterocycles. The molecule has 1 spiro atoms. The highest BCUT2D eigenvalue weighted by molar-refractivity contribution is 5.90. The first-order valence-electron chi connectivity index (χ1n) is 6.91. The van der Waals surface area contributed by atoms with Crippen molar-refractivity contribution in [1.29, 1.82) is 0 Å². The van der Waals surface area contributed by atoms with Crippen molar-refractivity contribution >= 4 is 5.84 Å². The maximum absolute atomic E-state index is 5.56. The summed E-state index contributed by atoms with van der Waals surface area (Å²) in [6.07, 6.45) is 6.66. The van der Waals surface area contributed by atoms with Gasteiger partial charge in [-0.05, 0) is 37.5 Å². The van der Waals surface area contributed by atoms with Gasteiger partial charge in [0.1, 0.15) is 11.9 Å². The first kappa shape index (κ1) is 11.5. The number of ether oxygens (including phenoxy) is 1. The summed E-state index contributed by atoms with van der Waals surface area (Å²) >= 11 is 0. The van der Waals surface area contributed by atoms with Crippen LogP contribution in [0.25, 0.3) is 0 Å². The van der Waals surface area contributed by atoms with E-state index in [4.69, 9.17) is 9.73 Å². The third kappa shape index (κ3) is 1.70. The summed E-state index contributed by atoms with van der Waals surface area (Å²) in [5, 5.41) is 0. The van der Waals surface area contributed by atoms with E-state index < -0.39 is 0 Å². The topological polar surface area (TPSA) is 24.8 Å². The van der Waals surface area contributed by atoms with Crippen molar-refractivity contribution in [3.8, 4) is 0 Å². The summed E-state index contributed by atoms with van der Waals surface area (Å²) < 4.78 is 5.56. The van der Waals surface area contributed by atoms with Crippen LogP contribution in [-0.2, 0) is 4.74 Å². The summed E-state index contributed by atoms with van der Waals surface area (Å²) in [6, 6.07) is 0. The molecule has 1 saturated heterocycles. The van der Waals surface area contributed by atoms with Gasteiger partial charge in [0, 0.05) is 25.7 Å².